The fourth-order valence-corrected chi connectivity index (χ4v) is 3.92. The Balaban J connectivity index is 1.36. The van der Waals surface area contributed by atoms with Gasteiger partial charge in [0.25, 0.3) is 5.91 Å². The lowest BCUT2D eigenvalue weighted by atomic mass is 10.1. The highest BCUT2D eigenvalue weighted by Gasteiger charge is 2.22. The molecule has 1 aliphatic carbocycles. The van der Waals surface area contributed by atoms with E-state index in [0.29, 0.717) is 5.69 Å². The molecule has 1 aliphatic heterocycles. The van der Waals surface area contributed by atoms with Gasteiger partial charge in [-0.2, -0.15) is 0 Å². The van der Waals surface area contributed by atoms with Gasteiger partial charge in [0.1, 0.15) is 17.8 Å². The highest BCUT2D eigenvalue weighted by atomic mass is 16.1. The first-order valence-corrected chi connectivity index (χ1v) is 10.2. The minimum atomic E-state index is -0.0909. The van der Waals surface area contributed by atoms with Gasteiger partial charge < -0.3 is 15.1 Å². The molecule has 8 nitrogen and oxygen atoms in total. The smallest absolute Gasteiger partial charge is 0.270 e. The molecule has 1 saturated carbocycles. The number of nitrogens with one attached hydrogen (secondary N) is 1. The van der Waals surface area contributed by atoms with Crippen LogP contribution in [0.3, 0.4) is 0 Å². The van der Waals surface area contributed by atoms with Crippen LogP contribution in [0.1, 0.15) is 49.0 Å². The van der Waals surface area contributed by atoms with Crippen molar-refractivity contribution in [2.45, 2.75) is 44.6 Å². The summed E-state index contributed by atoms with van der Waals surface area (Å²) in [6.07, 6.45) is 12.1. The Kier molecular flexibility index (Phi) is 5.94. The van der Waals surface area contributed by atoms with Crippen LogP contribution >= 0.6 is 0 Å². The SMILES string of the molecule is O=C(NC1CCCCCC1)c1cc(N2CCN(c3ncccn3)CC2)ncn1. The van der Waals surface area contributed by atoms with Crippen LogP contribution in [-0.4, -0.2) is 58.1 Å². The summed E-state index contributed by atoms with van der Waals surface area (Å²) in [5.74, 6) is 1.47. The van der Waals surface area contributed by atoms with Gasteiger partial charge in [0.15, 0.2) is 0 Å². The topological polar surface area (TPSA) is 87.1 Å². The molecule has 3 heterocycles. The van der Waals surface area contributed by atoms with E-state index in [0.717, 1.165) is 50.8 Å². The fourth-order valence-electron chi connectivity index (χ4n) is 3.92. The number of hydrogen-bond donors (Lipinski definition) is 1. The van der Waals surface area contributed by atoms with E-state index in [2.05, 4.69) is 35.1 Å². The molecule has 2 aromatic heterocycles. The predicted molar refractivity (Wildman–Crippen MR) is 107 cm³/mol. The lowest BCUT2D eigenvalue weighted by Crippen LogP contribution is -2.47. The molecule has 2 aliphatic rings. The molecular formula is C20H27N7O. The van der Waals surface area contributed by atoms with Gasteiger partial charge in [-0.05, 0) is 18.9 Å². The zero-order valence-electron chi connectivity index (χ0n) is 16.1. The molecule has 0 spiro atoms. The molecule has 148 valence electrons. The van der Waals surface area contributed by atoms with Crippen LogP contribution in [0.2, 0.25) is 0 Å². The standard InChI is InChI=1S/C20H27N7O/c28-19(25-16-6-3-1-2-4-7-16)17-14-18(24-15-23-17)26-10-12-27(13-11-26)20-21-8-5-9-22-20/h5,8-9,14-16H,1-4,6-7,10-13H2,(H,25,28). The highest BCUT2D eigenvalue weighted by Crippen LogP contribution is 2.19. The summed E-state index contributed by atoms with van der Waals surface area (Å²) < 4.78 is 0. The number of amides is 1. The van der Waals surface area contributed by atoms with Crippen LogP contribution in [0, 0.1) is 0 Å². The molecule has 1 saturated heterocycles. The number of rotatable bonds is 4. The van der Waals surface area contributed by atoms with Gasteiger partial charge in [0.05, 0.1) is 0 Å². The first-order chi connectivity index (χ1) is 13.8. The van der Waals surface area contributed by atoms with Crippen molar-refractivity contribution in [1.82, 2.24) is 25.3 Å². The molecular weight excluding hydrogens is 354 g/mol. The van der Waals surface area contributed by atoms with E-state index in [-0.39, 0.29) is 11.9 Å². The molecule has 8 heteroatoms. The van der Waals surface area contributed by atoms with Crippen LogP contribution in [0.4, 0.5) is 11.8 Å². The van der Waals surface area contributed by atoms with Crippen molar-refractivity contribution in [1.29, 1.82) is 0 Å². The molecule has 0 bridgehead atoms. The third kappa shape index (κ3) is 4.55. The van der Waals surface area contributed by atoms with Crippen LogP contribution < -0.4 is 15.1 Å². The van der Waals surface area contributed by atoms with Crippen LogP contribution in [-0.2, 0) is 0 Å². The molecule has 1 N–H and O–H groups in total. The lowest BCUT2D eigenvalue weighted by Gasteiger charge is -2.35. The average Bonchev–Trinajstić information content (AvgIpc) is 3.03. The summed E-state index contributed by atoms with van der Waals surface area (Å²) in [6.45, 7) is 3.24. The Morgan fingerprint density at radius 3 is 2.29 bits per heavy atom. The summed E-state index contributed by atoms with van der Waals surface area (Å²) in [6, 6.07) is 3.89. The van der Waals surface area contributed by atoms with Crippen LogP contribution in [0.25, 0.3) is 0 Å². The van der Waals surface area contributed by atoms with Crippen molar-refractivity contribution in [2.75, 3.05) is 36.0 Å². The van der Waals surface area contributed by atoms with Gasteiger partial charge >= 0.3 is 0 Å². The summed E-state index contributed by atoms with van der Waals surface area (Å²) in [5.41, 5.74) is 0.447. The van der Waals surface area contributed by atoms with Crippen molar-refractivity contribution in [2.24, 2.45) is 0 Å². The second kappa shape index (κ2) is 8.95. The van der Waals surface area contributed by atoms with E-state index in [1.54, 1.807) is 18.5 Å². The van der Waals surface area contributed by atoms with E-state index in [1.165, 1.54) is 32.0 Å². The minimum Gasteiger partial charge on any atom is -0.353 e. The largest absolute Gasteiger partial charge is 0.353 e. The van der Waals surface area contributed by atoms with Gasteiger partial charge in [0.2, 0.25) is 5.95 Å². The molecule has 28 heavy (non-hydrogen) atoms. The van der Waals surface area contributed by atoms with Crippen molar-refractivity contribution >= 4 is 17.7 Å². The summed E-state index contributed by atoms with van der Waals surface area (Å²) in [4.78, 5) is 34.2. The number of aromatic nitrogens is 4. The van der Waals surface area contributed by atoms with Gasteiger partial charge in [-0.3, -0.25) is 4.79 Å². The molecule has 2 aromatic rings. The average molecular weight is 381 g/mol. The Bertz CT molecular complexity index is 769. The lowest BCUT2D eigenvalue weighted by molar-refractivity contribution is 0.0928. The molecule has 1 amide bonds. The first-order valence-electron chi connectivity index (χ1n) is 10.2. The second-order valence-electron chi connectivity index (χ2n) is 7.45. The van der Waals surface area contributed by atoms with E-state index < -0.39 is 0 Å². The number of nitrogens with zero attached hydrogens (tertiary/aromatic N) is 6. The molecule has 0 aromatic carbocycles. The number of carbonyl (C=O) groups is 1. The molecule has 0 unspecified atom stereocenters. The summed E-state index contributed by atoms with van der Waals surface area (Å²) in [7, 11) is 0. The monoisotopic (exact) mass is 381 g/mol. The molecule has 0 atom stereocenters. The van der Waals surface area contributed by atoms with Gasteiger partial charge in [-0.1, -0.05) is 25.7 Å². The first kappa shape index (κ1) is 18.6. The third-order valence-corrected chi connectivity index (χ3v) is 5.51. The predicted octanol–water partition coefficient (Wildman–Crippen LogP) is 2.05. The van der Waals surface area contributed by atoms with E-state index in [9.17, 15) is 4.79 Å². The summed E-state index contributed by atoms with van der Waals surface area (Å²) in [5, 5.41) is 3.16. The van der Waals surface area contributed by atoms with Crippen molar-refractivity contribution in [3.63, 3.8) is 0 Å². The molecule has 0 radical (unpaired) electrons. The highest BCUT2D eigenvalue weighted by molar-refractivity contribution is 5.93. The van der Waals surface area contributed by atoms with E-state index in [4.69, 9.17) is 0 Å². The molecule has 4 rings (SSSR count). The number of anilines is 2. The summed E-state index contributed by atoms with van der Waals surface area (Å²) >= 11 is 0. The zero-order valence-corrected chi connectivity index (χ0v) is 16.1. The van der Waals surface area contributed by atoms with E-state index >= 15 is 0 Å². The maximum absolute atomic E-state index is 12.7. The maximum Gasteiger partial charge on any atom is 0.270 e. The fraction of sp³-hybridized carbons (Fsp3) is 0.550. The minimum absolute atomic E-state index is 0.0909. The van der Waals surface area contributed by atoms with Crippen molar-refractivity contribution < 1.29 is 4.79 Å². The second-order valence-corrected chi connectivity index (χ2v) is 7.45. The Morgan fingerprint density at radius 1 is 0.893 bits per heavy atom. The van der Waals surface area contributed by atoms with Crippen molar-refractivity contribution in [3.8, 4) is 0 Å². The van der Waals surface area contributed by atoms with Gasteiger partial charge in [0, 0.05) is 50.7 Å². The molecule has 2 fully saturated rings. The van der Waals surface area contributed by atoms with Crippen LogP contribution in [0.15, 0.2) is 30.9 Å². The van der Waals surface area contributed by atoms with Gasteiger partial charge in [-0.25, -0.2) is 19.9 Å². The number of carbonyl (C=O) groups excluding carboxylic acids is 1. The van der Waals surface area contributed by atoms with E-state index in [1.807, 2.05) is 6.07 Å². The van der Waals surface area contributed by atoms with Crippen molar-refractivity contribution in [3.05, 3.63) is 36.5 Å². The van der Waals surface area contributed by atoms with Crippen LogP contribution in [0.5, 0.6) is 0 Å². The Morgan fingerprint density at radius 2 is 1.57 bits per heavy atom. The zero-order chi connectivity index (χ0) is 19.2. The Hall–Kier alpha value is -2.77. The van der Waals surface area contributed by atoms with Gasteiger partial charge in [-0.15, -0.1) is 0 Å². The normalized spacial score (nSPS) is 18.6. The maximum atomic E-state index is 12.7. The number of piperazine rings is 1. The Labute approximate surface area is 165 Å². The quantitative estimate of drug-likeness (QED) is 0.811. The third-order valence-electron chi connectivity index (χ3n) is 5.51. The number of hydrogen-bond acceptors (Lipinski definition) is 7.